The van der Waals surface area contributed by atoms with Gasteiger partial charge in [0, 0.05) is 19.1 Å². The minimum absolute atomic E-state index is 0.113. The summed E-state index contributed by atoms with van der Waals surface area (Å²) in [6.07, 6.45) is 6.80. The molecule has 1 aliphatic heterocycles. The fraction of sp³-hybridized carbons (Fsp3) is 1.00. The van der Waals surface area contributed by atoms with Crippen LogP contribution in [0.3, 0.4) is 0 Å². The molecule has 0 amide bonds. The minimum atomic E-state index is -0.113. The molecule has 1 saturated heterocycles. The Morgan fingerprint density at radius 3 is 2.62 bits per heavy atom. The zero-order valence-corrected chi connectivity index (χ0v) is 14.8. The number of aliphatic hydroxyl groups excluding tert-OH is 1. The van der Waals surface area contributed by atoms with Crippen LogP contribution < -0.4 is 5.32 Å². The monoisotopic (exact) mass is 298 g/mol. The van der Waals surface area contributed by atoms with E-state index in [9.17, 15) is 5.11 Å². The van der Waals surface area contributed by atoms with Crippen molar-refractivity contribution in [2.45, 2.75) is 78.4 Å². The van der Waals surface area contributed by atoms with Crippen molar-refractivity contribution in [3.05, 3.63) is 0 Å². The van der Waals surface area contributed by atoms with E-state index in [0.717, 1.165) is 25.3 Å². The summed E-state index contributed by atoms with van der Waals surface area (Å²) < 4.78 is 0. The predicted molar refractivity (Wildman–Crippen MR) is 91.6 cm³/mol. The highest BCUT2D eigenvalue weighted by Crippen LogP contribution is 2.23. The van der Waals surface area contributed by atoms with E-state index < -0.39 is 0 Å². The van der Waals surface area contributed by atoms with Gasteiger partial charge < -0.3 is 15.3 Å². The van der Waals surface area contributed by atoms with Crippen molar-refractivity contribution in [1.82, 2.24) is 10.2 Å². The summed E-state index contributed by atoms with van der Waals surface area (Å²) in [6, 6.07) is 0.614. The van der Waals surface area contributed by atoms with Crippen molar-refractivity contribution < 1.29 is 5.11 Å². The van der Waals surface area contributed by atoms with Crippen LogP contribution in [-0.2, 0) is 0 Å². The van der Waals surface area contributed by atoms with Gasteiger partial charge >= 0.3 is 0 Å². The summed E-state index contributed by atoms with van der Waals surface area (Å²) in [5.41, 5.74) is 0. The first-order chi connectivity index (χ1) is 10.0. The van der Waals surface area contributed by atoms with Crippen LogP contribution in [-0.4, -0.2) is 48.3 Å². The molecule has 3 nitrogen and oxygen atoms in total. The van der Waals surface area contributed by atoms with Gasteiger partial charge in [-0.05, 0) is 57.0 Å². The van der Waals surface area contributed by atoms with Crippen LogP contribution in [0.15, 0.2) is 0 Å². The molecule has 3 unspecified atom stereocenters. The molecule has 3 heteroatoms. The van der Waals surface area contributed by atoms with Crippen molar-refractivity contribution in [2.24, 2.45) is 11.8 Å². The Kier molecular flexibility index (Phi) is 9.54. The van der Waals surface area contributed by atoms with Gasteiger partial charge in [0.2, 0.25) is 0 Å². The summed E-state index contributed by atoms with van der Waals surface area (Å²) in [5.74, 6) is 1.43. The molecule has 3 atom stereocenters. The van der Waals surface area contributed by atoms with Gasteiger partial charge in [-0.2, -0.15) is 0 Å². The first kappa shape index (κ1) is 18.9. The third-order valence-electron chi connectivity index (χ3n) is 4.67. The Hall–Kier alpha value is -0.120. The van der Waals surface area contributed by atoms with E-state index in [1.165, 1.54) is 45.3 Å². The van der Waals surface area contributed by atoms with Crippen molar-refractivity contribution in [2.75, 3.05) is 26.2 Å². The Balaban J connectivity index is 2.44. The molecular weight excluding hydrogens is 260 g/mol. The second-order valence-corrected chi connectivity index (χ2v) is 7.35. The van der Waals surface area contributed by atoms with Crippen molar-refractivity contribution in [3.63, 3.8) is 0 Å². The number of hydrogen-bond donors (Lipinski definition) is 2. The lowest BCUT2D eigenvalue weighted by molar-refractivity contribution is 0.0830. The largest absolute Gasteiger partial charge is 0.393 e. The van der Waals surface area contributed by atoms with Gasteiger partial charge in [0.1, 0.15) is 0 Å². The second-order valence-electron chi connectivity index (χ2n) is 7.35. The predicted octanol–water partition coefficient (Wildman–Crippen LogP) is 3.27. The molecule has 1 fully saturated rings. The number of piperidine rings is 1. The van der Waals surface area contributed by atoms with Crippen LogP contribution in [0.5, 0.6) is 0 Å². The summed E-state index contributed by atoms with van der Waals surface area (Å²) >= 11 is 0. The second kappa shape index (κ2) is 10.6. The minimum Gasteiger partial charge on any atom is -0.393 e. The van der Waals surface area contributed by atoms with Crippen LogP contribution in [0.1, 0.15) is 66.2 Å². The van der Waals surface area contributed by atoms with Crippen LogP contribution in [0.2, 0.25) is 0 Å². The van der Waals surface area contributed by atoms with E-state index in [2.05, 4.69) is 37.9 Å². The molecule has 0 aromatic rings. The van der Waals surface area contributed by atoms with Gasteiger partial charge in [0.05, 0.1) is 6.10 Å². The molecule has 0 saturated carbocycles. The third-order valence-corrected chi connectivity index (χ3v) is 4.67. The van der Waals surface area contributed by atoms with Crippen LogP contribution >= 0.6 is 0 Å². The molecule has 2 N–H and O–H groups in total. The Morgan fingerprint density at radius 1 is 1.24 bits per heavy atom. The van der Waals surface area contributed by atoms with E-state index in [1.54, 1.807) is 0 Å². The van der Waals surface area contributed by atoms with E-state index in [-0.39, 0.29) is 6.10 Å². The molecule has 0 aliphatic carbocycles. The van der Waals surface area contributed by atoms with Gasteiger partial charge in [-0.25, -0.2) is 0 Å². The van der Waals surface area contributed by atoms with Crippen LogP contribution in [0.25, 0.3) is 0 Å². The number of aliphatic hydroxyl groups is 1. The Morgan fingerprint density at radius 2 is 2.00 bits per heavy atom. The molecule has 0 aromatic carbocycles. The standard InChI is InChI=1S/C18H38N2O/c1-5-7-10-20-13-16(12-18(21)6-2)11-17(14-20)19-9-8-15(3)4/h15-19,21H,5-14H2,1-4H3. The average Bonchev–Trinajstić information content (AvgIpc) is 2.44. The van der Waals surface area contributed by atoms with E-state index in [1.807, 2.05) is 0 Å². The average molecular weight is 299 g/mol. The topological polar surface area (TPSA) is 35.5 Å². The lowest BCUT2D eigenvalue weighted by Gasteiger charge is -2.39. The molecule has 0 aromatic heterocycles. The third kappa shape index (κ3) is 8.18. The fourth-order valence-corrected chi connectivity index (χ4v) is 3.31. The quantitative estimate of drug-likeness (QED) is 0.650. The maximum absolute atomic E-state index is 9.97. The lowest BCUT2D eigenvalue weighted by atomic mass is 9.88. The first-order valence-electron chi connectivity index (χ1n) is 9.18. The highest BCUT2D eigenvalue weighted by atomic mass is 16.3. The molecule has 0 spiro atoms. The summed E-state index contributed by atoms with van der Waals surface area (Å²) in [6.45, 7) is 13.6. The number of rotatable bonds is 10. The highest BCUT2D eigenvalue weighted by molar-refractivity contribution is 4.84. The van der Waals surface area contributed by atoms with E-state index in [4.69, 9.17) is 0 Å². The molecule has 0 radical (unpaired) electrons. The zero-order chi connectivity index (χ0) is 15.7. The number of hydrogen-bond acceptors (Lipinski definition) is 3. The van der Waals surface area contributed by atoms with Crippen molar-refractivity contribution >= 4 is 0 Å². The van der Waals surface area contributed by atoms with Gasteiger partial charge in [0.25, 0.3) is 0 Å². The molecule has 21 heavy (non-hydrogen) atoms. The maximum Gasteiger partial charge on any atom is 0.0540 e. The van der Waals surface area contributed by atoms with E-state index in [0.29, 0.717) is 12.0 Å². The SMILES string of the molecule is CCCCN1CC(CC(O)CC)CC(NCCC(C)C)C1. The van der Waals surface area contributed by atoms with Crippen molar-refractivity contribution in [1.29, 1.82) is 0 Å². The Bertz CT molecular complexity index is 258. The maximum atomic E-state index is 9.97. The van der Waals surface area contributed by atoms with Gasteiger partial charge in [-0.15, -0.1) is 0 Å². The van der Waals surface area contributed by atoms with Crippen LogP contribution in [0, 0.1) is 11.8 Å². The van der Waals surface area contributed by atoms with Gasteiger partial charge in [-0.3, -0.25) is 0 Å². The van der Waals surface area contributed by atoms with Crippen molar-refractivity contribution in [3.8, 4) is 0 Å². The molecular formula is C18H38N2O. The lowest BCUT2D eigenvalue weighted by Crippen LogP contribution is -2.50. The number of unbranched alkanes of at least 4 members (excludes halogenated alkanes) is 1. The molecule has 1 aliphatic rings. The fourth-order valence-electron chi connectivity index (χ4n) is 3.31. The van der Waals surface area contributed by atoms with E-state index >= 15 is 0 Å². The smallest absolute Gasteiger partial charge is 0.0540 e. The summed E-state index contributed by atoms with van der Waals surface area (Å²) in [4.78, 5) is 2.62. The molecule has 1 rings (SSSR count). The van der Waals surface area contributed by atoms with Crippen LogP contribution in [0.4, 0.5) is 0 Å². The molecule has 1 heterocycles. The number of nitrogens with zero attached hydrogens (tertiary/aromatic N) is 1. The zero-order valence-electron chi connectivity index (χ0n) is 14.8. The van der Waals surface area contributed by atoms with Gasteiger partial charge in [0.15, 0.2) is 0 Å². The summed E-state index contributed by atoms with van der Waals surface area (Å²) in [5, 5.41) is 13.7. The van der Waals surface area contributed by atoms with Gasteiger partial charge in [-0.1, -0.05) is 34.1 Å². The normalized spacial score (nSPS) is 25.4. The first-order valence-corrected chi connectivity index (χ1v) is 9.18. The molecule has 0 bridgehead atoms. The molecule has 126 valence electrons. The number of nitrogens with one attached hydrogen (secondary N) is 1. The Labute approximate surface area is 132 Å². The highest BCUT2D eigenvalue weighted by Gasteiger charge is 2.27. The number of likely N-dealkylation sites (tertiary alicyclic amines) is 1. The summed E-state index contributed by atoms with van der Waals surface area (Å²) in [7, 11) is 0.